The number of rotatable bonds is 4. The fraction of sp³-hybridized carbons (Fsp3) is 0.733. The maximum Gasteiger partial charge on any atom is 0.329 e. The molecule has 0 spiro atoms. The number of hydrogen-bond donors (Lipinski definition) is 1. The first-order chi connectivity index (χ1) is 9.93. The van der Waals surface area contributed by atoms with E-state index < -0.39 is 5.69 Å². The van der Waals surface area contributed by atoms with Gasteiger partial charge < -0.3 is 4.90 Å². The van der Waals surface area contributed by atoms with Crippen LogP contribution in [0.25, 0.3) is 0 Å². The quantitative estimate of drug-likeness (QED) is 0.866. The Bertz CT molecular complexity index is 598. The number of halogens is 1. The van der Waals surface area contributed by atoms with E-state index in [4.69, 9.17) is 11.6 Å². The van der Waals surface area contributed by atoms with Gasteiger partial charge >= 0.3 is 5.69 Å². The normalized spacial score (nSPS) is 17.6. The summed E-state index contributed by atoms with van der Waals surface area (Å²) in [5.74, 6) is 0.378. The van der Waals surface area contributed by atoms with E-state index in [0.29, 0.717) is 18.0 Å². The molecule has 118 valence electrons. The van der Waals surface area contributed by atoms with Crippen LogP contribution in [0.4, 0.5) is 0 Å². The Morgan fingerprint density at radius 1 is 1.29 bits per heavy atom. The molecule has 0 aliphatic carbocycles. The highest BCUT2D eigenvalue weighted by Crippen LogP contribution is 2.19. The smallest absolute Gasteiger partial charge is 0.304 e. The molecule has 1 N–H and O–H groups in total. The molecule has 1 aliphatic rings. The van der Waals surface area contributed by atoms with E-state index in [9.17, 15) is 9.59 Å². The number of aromatic nitrogens is 2. The summed E-state index contributed by atoms with van der Waals surface area (Å²) in [5, 5.41) is 0.178. The van der Waals surface area contributed by atoms with E-state index in [1.165, 1.54) is 4.57 Å². The molecule has 0 amide bonds. The Morgan fingerprint density at radius 3 is 2.43 bits per heavy atom. The number of nitrogens with one attached hydrogen (secondary N) is 1. The van der Waals surface area contributed by atoms with Crippen LogP contribution in [0.15, 0.2) is 9.59 Å². The van der Waals surface area contributed by atoms with E-state index >= 15 is 0 Å². The van der Waals surface area contributed by atoms with Crippen molar-refractivity contribution in [2.24, 2.45) is 5.92 Å². The zero-order chi connectivity index (χ0) is 15.6. The van der Waals surface area contributed by atoms with Crippen LogP contribution < -0.4 is 11.2 Å². The van der Waals surface area contributed by atoms with Crippen molar-refractivity contribution in [2.75, 3.05) is 19.6 Å². The highest BCUT2D eigenvalue weighted by atomic mass is 35.5. The van der Waals surface area contributed by atoms with E-state index in [0.717, 1.165) is 32.5 Å². The zero-order valence-corrected chi connectivity index (χ0v) is 13.7. The average molecular weight is 314 g/mol. The molecule has 0 radical (unpaired) electrons. The van der Waals surface area contributed by atoms with Crippen LogP contribution in [0.3, 0.4) is 0 Å². The van der Waals surface area contributed by atoms with Crippen LogP contribution in [-0.2, 0) is 6.54 Å². The van der Waals surface area contributed by atoms with Crippen LogP contribution in [0.1, 0.15) is 45.1 Å². The molecule has 1 aromatic rings. The molecule has 0 atom stereocenters. The van der Waals surface area contributed by atoms with Gasteiger partial charge in [0, 0.05) is 6.54 Å². The van der Waals surface area contributed by atoms with Gasteiger partial charge in [-0.25, -0.2) is 4.79 Å². The van der Waals surface area contributed by atoms with Gasteiger partial charge in [-0.1, -0.05) is 32.4 Å². The number of H-pyrrole nitrogens is 1. The van der Waals surface area contributed by atoms with Crippen molar-refractivity contribution in [3.8, 4) is 0 Å². The van der Waals surface area contributed by atoms with Crippen molar-refractivity contribution >= 4 is 11.6 Å². The third-order valence-corrected chi connectivity index (χ3v) is 4.64. The summed E-state index contributed by atoms with van der Waals surface area (Å²) in [4.78, 5) is 29.5. The highest BCUT2D eigenvalue weighted by Gasteiger charge is 2.22. The summed E-state index contributed by atoms with van der Waals surface area (Å²) < 4.78 is 1.33. The molecule has 1 aromatic heterocycles. The molecular formula is C15H24ClN3O2. The van der Waals surface area contributed by atoms with Crippen LogP contribution in [0.2, 0.25) is 5.15 Å². The lowest BCUT2D eigenvalue weighted by atomic mass is 9.96. The molecule has 21 heavy (non-hydrogen) atoms. The van der Waals surface area contributed by atoms with Gasteiger partial charge in [0.15, 0.2) is 0 Å². The molecule has 5 nitrogen and oxygen atoms in total. The van der Waals surface area contributed by atoms with E-state index in [1.54, 1.807) is 0 Å². The minimum atomic E-state index is -0.396. The number of hydrogen-bond acceptors (Lipinski definition) is 3. The second-order valence-corrected chi connectivity index (χ2v) is 6.48. The Kier molecular flexibility index (Phi) is 5.27. The minimum absolute atomic E-state index is 0.00459. The summed E-state index contributed by atoms with van der Waals surface area (Å²) in [6, 6.07) is 0. The monoisotopic (exact) mass is 313 g/mol. The number of aromatic amines is 1. The van der Waals surface area contributed by atoms with Gasteiger partial charge in [0.05, 0.1) is 5.56 Å². The zero-order valence-electron chi connectivity index (χ0n) is 13.0. The standard InChI is InChI=1S/C15H24ClN3O2/c1-4-18-7-5-11(6-8-18)9-19-14(20)12(10(2)3)13(16)17-15(19)21/h10-11H,4-9H2,1-3H3,(H,17,21). The number of likely N-dealkylation sites (tertiary alicyclic amines) is 1. The molecule has 0 bridgehead atoms. The summed E-state index contributed by atoms with van der Waals surface area (Å²) in [6.07, 6.45) is 2.05. The van der Waals surface area contributed by atoms with E-state index in [-0.39, 0.29) is 16.6 Å². The number of nitrogens with zero attached hydrogens (tertiary/aromatic N) is 2. The van der Waals surface area contributed by atoms with Gasteiger partial charge in [-0.3, -0.25) is 14.3 Å². The molecule has 6 heteroatoms. The van der Waals surface area contributed by atoms with Gasteiger partial charge in [-0.2, -0.15) is 0 Å². The lowest BCUT2D eigenvalue weighted by molar-refractivity contribution is 0.179. The molecular weight excluding hydrogens is 290 g/mol. The Hall–Kier alpha value is -1.07. The van der Waals surface area contributed by atoms with E-state index in [1.807, 2.05) is 13.8 Å². The Morgan fingerprint density at radius 2 is 1.90 bits per heavy atom. The summed E-state index contributed by atoms with van der Waals surface area (Å²) in [5.41, 5.74) is -0.133. The molecule has 0 saturated carbocycles. The lowest BCUT2D eigenvalue weighted by Crippen LogP contribution is -2.42. The van der Waals surface area contributed by atoms with Gasteiger partial charge in [-0.15, -0.1) is 0 Å². The second kappa shape index (κ2) is 6.79. The summed E-state index contributed by atoms with van der Waals surface area (Å²) in [6.45, 7) is 9.60. The van der Waals surface area contributed by atoms with Crippen LogP contribution in [-0.4, -0.2) is 34.1 Å². The van der Waals surface area contributed by atoms with Crippen molar-refractivity contribution in [3.05, 3.63) is 31.6 Å². The molecule has 2 rings (SSSR count). The maximum absolute atomic E-state index is 12.5. The maximum atomic E-state index is 12.5. The third kappa shape index (κ3) is 3.58. The third-order valence-electron chi connectivity index (χ3n) is 4.35. The van der Waals surface area contributed by atoms with E-state index in [2.05, 4.69) is 16.8 Å². The average Bonchev–Trinajstić information content (AvgIpc) is 2.43. The van der Waals surface area contributed by atoms with Gasteiger partial charge in [0.1, 0.15) is 5.15 Å². The topological polar surface area (TPSA) is 58.1 Å². The lowest BCUT2D eigenvalue weighted by Gasteiger charge is -2.31. The molecule has 1 saturated heterocycles. The molecule has 0 aromatic carbocycles. The molecule has 1 aliphatic heterocycles. The second-order valence-electron chi connectivity index (χ2n) is 6.11. The van der Waals surface area contributed by atoms with Crippen LogP contribution >= 0.6 is 11.6 Å². The fourth-order valence-electron chi connectivity index (χ4n) is 2.97. The van der Waals surface area contributed by atoms with Crippen LogP contribution in [0.5, 0.6) is 0 Å². The fourth-order valence-corrected chi connectivity index (χ4v) is 3.35. The number of piperidine rings is 1. The Balaban J connectivity index is 2.23. The molecule has 1 fully saturated rings. The minimum Gasteiger partial charge on any atom is -0.304 e. The molecule has 0 unspecified atom stereocenters. The molecule has 2 heterocycles. The van der Waals surface area contributed by atoms with Crippen molar-refractivity contribution in [1.82, 2.24) is 14.5 Å². The van der Waals surface area contributed by atoms with Crippen molar-refractivity contribution in [3.63, 3.8) is 0 Å². The Labute approximate surface area is 129 Å². The first-order valence-electron chi connectivity index (χ1n) is 7.68. The first-order valence-corrected chi connectivity index (χ1v) is 8.06. The van der Waals surface area contributed by atoms with Gasteiger partial charge in [0.2, 0.25) is 0 Å². The first kappa shape index (κ1) is 16.3. The largest absolute Gasteiger partial charge is 0.329 e. The summed E-state index contributed by atoms with van der Waals surface area (Å²) >= 11 is 6.01. The van der Waals surface area contributed by atoms with Crippen molar-refractivity contribution < 1.29 is 0 Å². The highest BCUT2D eigenvalue weighted by molar-refractivity contribution is 6.30. The van der Waals surface area contributed by atoms with Crippen molar-refractivity contribution in [2.45, 2.75) is 46.1 Å². The predicted octanol–water partition coefficient (Wildman–Crippen LogP) is 2.05. The SMILES string of the molecule is CCN1CCC(Cn2c(=O)[nH]c(Cl)c(C(C)C)c2=O)CC1. The van der Waals surface area contributed by atoms with Gasteiger partial charge in [-0.05, 0) is 44.3 Å². The van der Waals surface area contributed by atoms with Crippen molar-refractivity contribution in [1.29, 1.82) is 0 Å². The predicted molar refractivity (Wildman–Crippen MR) is 85.3 cm³/mol. The summed E-state index contributed by atoms with van der Waals surface area (Å²) in [7, 11) is 0. The van der Waals surface area contributed by atoms with Gasteiger partial charge in [0.25, 0.3) is 5.56 Å². The van der Waals surface area contributed by atoms with Crippen LogP contribution in [0, 0.1) is 5.92 Å².